The molecule has 0 aliphatic carbocycles. The summed E-state index contributed by atoms with van der Waals surface area (Å²) >= 11 is 1.55. The van der Waals surface area contributed by atoms with Gasteiger partial charge in [-0.05, 0) is 42.5 Å². The van der Waals surface area contributed by atoms with Crippen molar-refractivity contribution in [2.24, 2.45) is 5.10 Å². The number of hydrogen-bond acceptors (Lipinski definition) is 7. The second-order valence-electron chi connectivity index (χ2n) is 6.59. The molecule has 2 heterocycles. The maximum Gasteiger partial charge on any atom is 0.204 e. The number of benzene rings is 3. The molecule has 0 atom stereocenters. The topological polar surface area (TPSA) is 79.9 Å². The van der Waals surface area contributed by atoms with Crippen LogP contribution in [0.1, 0.15) is 0 Å². The van der Waals surface area contributed by atoms with E-state index in [1.54, 1.807) is 29.5 Å². The zero-order chi connectivity index (χ0) is 20.5. The van der Waals surface area contributed by atoms with Crippen molar-refractivity contribution in [1.29, 1.82) is 0 Å². The molecule has 0 spiro atoms. The number of hydrogen-bond donors (Lipinski definition) is 2. The number of fused-ring (bicyclic) bond motifs is 2. The highest BCUT2D eigenvalue weighted by Crippen LogP contribution is 2.32. The Kier molecular flexibility index (Phi) is 4.57. The molecule has 0 bridgehead atoms. The summed E-state index contributed by atoms with van der Waals surface area (Å²) in [5.41, 5.74) is 5.49. The van der Waals surface area contributed by atoms with Crippen LogP contribution in [0, 0.1) is 0 Å². The number of phenols is 1. The zero-order valence-electron chi connectivity index (χ0n) is 16.0. The Bertz CT molecular complexity index is 1410. The fraction of sp³-hybridized carbons (Fsp3) is 0.0435. The van der Waals surface area contributed by atoms with Gasteiger partial charge < -0.3 is 14.3 Å². The van der Waals surface area contributed by atoms with Crippen molar-refractivity contribution in [3.8, 4) is 22.8 Å². The Morgan fingerprint density at radius 2 is 1.87 bits per heavy atom. The molecule has 0 unspecified atom stereocenters. The van der Waals surface area contributed by atoms with Crippen molar-refractivity contribution in [3.63, 3.8) is 0 Å². The Labute approximate surface area is 175 Å². The summed E-state index contributed by atoms with van der Waals surface area (Å²) in [7, 11) is 1.51. The van der Waals surface area contributed by atoms with E-state index < -0.39 is 0 Å². The molecule has 148 valence electrons. The summed E-state index contributed by atoms with van der Waals surface area (Å²) in [6.45, 7) is 0. The monoisotopic (exact) mass is 415 g/mol. The van der Waals surface area contributed by atoms with Crippen LogP contribution in [0.3, 0.4) is 0 Å². The van der Waals surface area contributed by atoms with Crippen LogP contribution < -0.4 is 15.5 Å². The minimum Gasteiger partial charge on any atom is -0.504 e. The Morgan fingerprint density at radius 1 is 1.03 bits per heavy atom. The number of aromatic hydroxyl groups is 1. The fourth-order valence-corrected chi connectivity index (χ4v) is 4.02. The van der Waals surface area contributed by atoms with Gasteiger partial charge in [0.15, 0.2) is 11.5 Å². The summed E-state index contributed by atoms with van der Waals surface area (Å²) in [4.78, 5) is 4.57. The van der Waals surface area contributed by atoms with Gasteiger partial charge in [0, 0.05) is 17.0 Å². The number of phenolic OH excluding ortho intramolecular Hbond substituents is 1. The van der Waals surface area contributed by atoms with Gasteiger partial charge in [-0.3, -0.25) is 5.43 Å². The number of thiazole rings is 1. The van der Waals surface area contributed by atoms with E-state index in [1.807, 2.05) is 54.6 Å². The highest BCUT2D eigenvalue weighted by molar-refractivity contribution is 7.22. The molecular formula is C23H17N3O3S. The third kappa shape index (κ3) is 3.35. The van der Waals surface area contributed by atoms with Crippen molar-refractivity contribution in [2.45, 2.75) is 0 Å². The van der Waals surface area contributed by atoms with E-state index >= 15 is 0 Å². The number of aromatic nitrogens is 1. The lowest BCUT2D eigenvalue weighted by molar-refractivity contribution is 0.373. The van der Waals surface area contributed by atoms with Gasteiger partial charge in [-0.1, -0.05) is 35.6 Å². The van der Waals surface area contributed by atoms with Crippen molar-refractivity contribution in [2.75, 3.05) is 12.5 Å². The summed E-state index contributed by atoms with van der Waals surface area (Å²) in [6.07, 6.45) is 0. The lowest BCUT2D eigenvalue weighted by Crippen LogP contribution is -2.07. The minimum absolute atomic E-state index is 0.0736. The average molecular weight is 415 g/mol. The number of ether oxygens (including phenoxy) is 1. The van der Waals surface area contributed by atoms with Crippen LogP contribution in [0.15, 0.2) is 82.3 Å². The van der Waals surface area contributed by atoms with Crippen LogP contribution in [0.2, 0.25) is 0 Å². The van der Waals surface area contributed by atoms with E-state index in [0.717, 1.165) is 26.5 Å². The molecule has 2 N–H and O–H groups in total. The molecule has 0 aliphatic heterocycles. The normalized spacial score (nSPS) is 11.8. The first-order valence-electron chi connectivity index (χ1n) is 9.27. The molecule has 0 saturated heterocycles. The fourth-order valence-electron chi connectivity index (χ4n) is 3.21. The van der Waals surface area contributed by atoms with Crippen LogP contribution in [0.5, 0.6) is 11.5 Å². The Hall–Kier alpha value is -3.84. The van der Waals surface area contributed by atoms with E-state index in [4.69, 9.17) is 9.15 Å². The highest BCUT2D eigenvalue weighted by Gasteiger charge is 2.10. The predicted octanol–water partition coefficient (Wildman–Crippen LogP) is 5.35. The number of nitrogens with one attached hydrogen (secondary N) is 1. The first kappa shape index (κ1) is 18.2. The maximum atomic E-state index is 9.89. The zero-order valence-corrected chi connectivity index (χ0v) is 16.8. The van der Waals surface area contributed by atoms with Gasteiger partial charge in [-0.15, -0.1) is 0 Å². The molecular weight excluding hydrogens is 398 g/mol. The van der Waals surface area contributed by atoms with E-state index in [2.05, 4.69) is 15.5 Å². The molecule has 0 amide bonds. The average Bonchev–Trinajstić information content (AvgIpc) is 3.20. The molecule has 30 heavy (non-hydrogen) atoms. The maximum absolute atomic E-state index is 9.89. The second-order valence-corrected chi connectivity index (χ2v) is 7.62. The third-order valence-corrected chi connectivity index (χ3v) is 5.62. The van der Waals surface area contributed by atoms with Crippen LogP contribution in [-0.2, 0) is 0 Å². The number of nitrogens with zero attached hydrogens (tertiary/aromatic N) is 2. The summed E-state index contributed by atoms with van der Waals surface area (Å²) in [5.74, 6) is 1.06. The van der Waals surface area contributed by atoms with Crippen molar-refractivity contribution < 1.29 is 14.3 Å². The van der Waals surface area contributed by atoms with Crippen LogP contribution >= 0.6 is 11.3 Å². The van der Waals surface area contributed by atoms with Gasteiger partial charge >= 0.3 is 0 Å². The van der Waals surface area contributed by atoms with E-state index in [1.165, 1.54) is 7.11 Å². The van der Waals surface area contributed by atoms with Gasteiger partial charge in [-0.2, -0.15) is 5.10 Å². The first-order valence-corrected chi connectivity index (χ1v) is 10.1. The number of anilines is 1. The van der Waals surface area contributed by atoms with E-state index in [-0.39, 0.29) is 5.75 Å². The highest BCUT2D eigenvalue weighted by atomic mass is 32.1. The van der Waals surface area contributed by atoms with Gasteiger partial charge in [0.05, 0.1) is 22.7 Å². The largest absolute Gasteiger partial charge is 0.504 e. The van der Waals surface area contributed by atoms with Gasteiger partial charge in [0.25, 0.3) is 0 Å². The number of rotatable bonds is 4. The second kappa shape index (κ2) is 7.53. The first-order chi connectivity index (χ1) is 14.7. The number of para-hydroxylation sites is 2. The van der Waals surface area contributed by atoms with E-state index in [9.17, 15) is 5.11 Å². The van der Waals surface area contributed by atoms with Crippen LogP contribution in [-0.4, -0.2) is 17.2 Å². The molecule has 3 aromatic carbocycles. The summed E-state index contributed by atoms with van der Waals surface area (Å²) < 4.78 is 12.4. The van der Waals surface area contributed by atoms with Crippen molar-refractivity contribution >= 4 is 37.7 Å². The smallest absolute Gasteiger partial charge is 0.204 e. The molecule has 0 saturated carbocycles. The van der Waals surface area contributed by atoms with Crippen LogP contribution in [0.4, 0.5) is 5.13 Å². The molecule has 0 radical (unpaired) electrons. The van der Waals surface area contributed by atoms with Crippen molar-refractivity contribution in [1.82, 2.24) is 4.98 Å². The Morgan fingerprint density at radius 3 is 2.73 bits per heavy atom. The quantitative estimate of drug-likeness (QED) is 0.387. The summed E-state index contributed by atoms with van der Waals surface area (Å²) in [6, 6.07) is 22.6. The van der Waals surface area contributed by atoms with Crippen LogP contribution in [0.25, 0.3) is 32.5 Å². The molecule has 0 aliphatic rings. The molecule has 2 aromatic heterocycles. The summed E-state index contributed by atoms with van der Waals surface area (Å²) in [5, 5.41) is 16.8. The third-order valence-electron chi connectivity index (χ3n) is 4.68. The Balaban J connectivity index is 1.62. The van der Waals surface area contributed by atoms with Gasteiger partial charge in [0.2, 0.25) is 5.13 Å². The van der Waals surface area contributed by atoms with E-state index in [0.29, 0.717) is 22.2 Å². The standard InChI is InChI=1S/C23H17N3O3S/c1-28-21-12-14(10-11-18(21)27)20-13-17(15-6-2-4-8-19(15)29-20)25-26-23-24-16-7-3-5-9-22(16)30-23/h2-13,27H,1H3,(H,24,26)/b25-17+. The lowest BCUT2D eigenvalue weighted by Gasteiger charge is -2.08. The minimum atomic E-state index is 0.0736. The lowest BCUT2D eigenvalue weighted by atomic mass is 10.1. The number of methoxy groups -OCH3 is 1. The SMILES string of the molecule is COc1cc(-c2c/c(=N\Nc3nc4ccccc4s3)c3ccccc3o2)ccc1O. The molecule has 0 fully saturated rings. The van der Waals surface area contributed by atoms with Gasteiger partial charge in [0.1, 0.15) is 11.3 Å². The predicted molar refractivity (Wildman–Crippen MR) is 119 cm³/mol. The van der Waals surface area contributed by atoms with Gasteiger partial charge in [-0.25, -0.2) is 4.98 Å². The van der Waals surface area contributed by atoms with Crippen molar-refractivity contribution in [3.05, 3.63) is 78.2 Å². The molecule has 5 rings (SSSR count). The molecule has 7 heteroatoms. The molecule has 5 aromatic rings. The molecule has 6 nitrogen and oxygen atoms in total.